The smallest absolute Gasteiger partial charge is 0.323 e. The maximum absolute atomic E-state index is 12.9. The van der Waals surface area contributed by atoms with E-state index in [0.717, 1.165) is 28.9 Å². The van der Waals surface area contributed by atoms with Crippen molar-refractivity contribution in [3.05, 3.63) is 89.0 Å². The second kappa shape index (κ2) is 10.5. The van der Waals surface area contributed by atoms with Crippen molar-refractivity contribution in [2.24, 2.45) is 0 Å². The normalized spacial score (nSPS) is 10.4. The zero-order valence-electron chi connectivity index (χ0n) is 19.0. The minimum absolute atomic E-state index is 0.177. The maximum Gasteiger partial charge on any atom is 0.323 e. The molecular weight excluding hydrogens is 400 g/mol. The third-order valence-electron chi connectivity index (χ3n) is 5.24. The first-order chi connectivity index (χ1) is 15.3. The van der Waals surface area contributed by atoms with E-state index < -0.39 is 0 Å². The molecule has 0 heterocycles. The van der Waals surface area contributed by atoms with Crippen molar-refractivity contribution in [1.82, 2.24) is 5.32 Å². The molecule has 0 unspecified atom stereocenters. The fourth-order valence-electron chi connectivity index (χ4n) is 3.53. The van der Waals surface area contributed by atoms with Gasteiger partial charge < -0.3 is 20.9 Å². The van der Waals surface area contributed by atoms with Crippen molar-refractivity contribution >= 4 is 29.0 Å². The highest BCUT2D eigenvalue weighted by molar-refractivity contribution is 6.04. The number of hydrogen-bond donors (Lipinski definition) is 3. The van der Waals surface area contributed by atoms with Crippen LogP contribution in [0.1, 0.15) is 27.0 Å². The van der Waals surface area contributed by atoms with Crippen LogP contribution in [-0.4, -0.2) is 32.6 Å². The van der Waals surface area contributed by atoms with Crippen LogP contribution in [-0.2, 0) is 6.42 Å². The summed E-state index contributed by atoms with van der Waals surface area (Å²) in [5.41, 5.74) is 5.76. The number of anilines is 3. The molecule has 6 heteroatoms. The zero-order chi connectivity index (χ0) is 23.1. The van der Waals surface area contributed by atoms with E-state index in [0.29, 0.717) is 17.8 Å². The first-order valence-corrected chi connectivity index (χ1v) is 10.6. The number of hydrogen-bond acceptors (Lipinski definition) is 3. The van der Waals surface area contributed by atoms with Crippen LogP contribution in [0.5, 0.6) is 0 Å². The van der Waals surface area contributed by atoms with E-state index in [1.165, 1.54) is 5.56 Å². The van der Waals surface area contributed by atoms with E-state index in [-0.39, 0.29) is 11.9 Å². The monoisotopic (exact) mass is 430 g/mol. The fraction of sp³-hybridized carbons (Fsp3) is 0.231. The summed E-state index contributed by atoms with van der Waals surface area (Å²) < 4.78 is 0. The quantitative estimate of drug-likeness (QED) is 0.495. The highest BCUT2D eigenvalue weighted by Crippen LogP contribution is 2.24. The molecule has 0 radical (unpaired) electrons. The number of benzene rings is 3. The van der Waals surface area contributed by atoms with Gasteiger partial charge in [-0.3, -0.25) is 4.79 Å². The van der Waals surface area contributed by atoms with Gasteiger partial charge in [0.2, 0.25) is 0 Å². The molecule has 0 aliphatic carbocycles. The Bertz CT molecular complexity index is 1070. The Hall–Kier alpha value is -3.80. The van der Waals surface area contributed by atoms with Crippen molar-refractivity contribution in [2.45, 2.75) is 20.3 Å². The highest BCUT2D eigenvalue weighted by Gasteiger charge is 2.15. The first-order valence-electron chi connectivity index (χ1n) is 10.6. The van der Waals surface area contributed by atoms with E-state index >= 15 is 0 Å². The molecule has 0 saturated carbocycles. The van der Waals surface area contributed by atoms with Crippen molar-refractivity contribution in [1.29, 1.82) is 0 Å². The topological polar surface area (TPSA) is 73.5 Å². The number of carbonyl (C=O) groups excluding carboxylic acids is 2. The van der Waals surface area contributed by atoms with Crippen LogP contribution in [0, 0.1) is 13.8 Å². The molecule has 3 amide bonds. The Balaban J connectivity index is 1.70. The number of para-hydroxylation sites is 1. The lowest BCUT2D eigenvalue weighted by atomic mass is 10.1. The second-order valence-corrected chi connectivity index (χ2v) is 7.96. The van der Waals surface area contributed by atoms with Crippen molar-refractivity contribution < 1.29 is 9.59 Å². The number of rotatable bonds is 7. The summed E-state index contributed by atoms with van der Waals surface area (Å²) >= 11 is 0. The SMILES string of the molecule is Cc1cccc(C)c1NC(=O)Nc1ccc(N(C)C)c(C(=O)NCCc2ccccc2)c1. The Kier molecular flexibility index (Phi) is 7.49. The van der Waals surface area contributed by atoms with Crippen LogP contribution in [0.25, 0.3) is 0 Å². The van der Waals surface area contributed by atoms with Crippen LogP contribution in [0.4, 0.5) is 21.9 Å². The Morgan fingerprint density at radius 1 is 0.844 bits per heavy atom. The van der Waals surface area contributed by atoms with Gasteiger partial charge in [-0.25, -0.2) is 4.79 Å². The molecule has 0 saturated heterocycles. The predicted molar refractivity (Wildman–Crippen MR) is 132 cm³/mol. The lowest BCUT2D eigenvalue weighted by Gasteiger charge is -2.19. The van der Waals surface area contributed by atoms with Gasteiger partial charge in [-0.15, -0.1) is 0 Å². The van der Waals surface area contributed by atoms with E-state index in [4.69, 9.17) is 0 Å². The Labute approximate surface area is 189 Å². The summed E-state index contributed by atoms with van der Waals surface area (Å²) in [6.07, 6.45) is 0.750. The van der Waals surface area contributed by atoms with E-state index in [1.54, 1.807) is 12.1 Å². The van der Waals surface area contributed by atoms with Crippen LogP contribution in [0.3, 0.4) is 0 Å². The predicted octanol–water partition coefficient (Wildman–Crippen LogP) is 4.99. The molecule has 0 bridgehead atoms. The van der Waals surface area contributed by atoms with Crippen molar-refractivity contribution in [3.63, 3.8) is 0 Å². The summed E-state index contributed by atoms with van der Waals surface area (Å²) in [5, 5.41) is 8.73. The lowest BCUT2D eigenvalue weighted by Crippen LogP contribution is -2.28. The fourth-order valence-corrected chi connectivity index (χ4v) is 3.53. The molecule has 0 atom stereocenters. The van der Waals surface area contributed by atoms with Gasteiger partial charge in [0.1, 0.15) is 0 Å². The van der Waals surface area contributed by atoms with Crippen LogP contribution >= 0.6 is 0 Å². The molecule has 3 rings (SSSR count). The summed E-state index contributed by atoms with van der Waals surface area (Å²) in [6, 6.07) is 20.9. The average Bonchev–Trinajstić information content (AvgIpc) is 2.77. The third-order valence-corrected chi connectivity index (χ3v) is 5.24. The molecule has 0 aromatic heterocycles. The molecule has 0 aliphatic rings. The maximum atomic E-state index is 12.9. The molecule has 6 nitrogen and oxygen atoms in total. The van der Waals surface area contributed by atoms with Crippen LogP contribution in [0.2, 0.25) is 0 Å². The Morgan fingerprint density at radius 3 is 2.19 bits per heavy atom. The lowest BCUT2D eigenvalue weighted by molar-refractivity contribution is 0.0954. The molecule has 166 valence electrons. The molecular formula is C26H30N4O2. The molecule has 0 spiro atoms. The summed E-state index contributed by atoms with van der Waals surface area (Å²) in [4.78, 5) is 27.4. The van der Waals surface area contributed by atoms with Gasteiger partial charge in [-0.05, 0) is 55.2 Å². The second-order valence-electron chi connectivity index (χ2n) is 7.96. The van der Waals surface area contributed by atoms with Gasteiger partial charge in [0.05, 0.1) is 5.56 Å². The van der Waals surface area contributed by atoms with Gasteiger partial charge in [-0.1, -0.05) is 48.5 Å². The van der Waals surface area contributed by atoms with Crippen molar-refractivity contribution in [3.8, 4) is 0 Å². The Morgan fingerprint density at radius 2 is 1.53 bits per heavy atom. The van der Waals surface area contributed by atoms with Crippen LogP contribution < -0.4 is 20.9 Å². The minimum atomic E-state index is -0.351. The standard InChI is InChI=1S/C26H30N4O2/c1-18-9-8-10-19(2)24(18)29-26(32)28-21-13-14-23(30(3)4)22(17-21)25(31)27-16-15-20-11-6-5-7-12-20/h5-14,17H,15-16H2,1-4H3,(H,27,31)(H2,28,29,32). The minimum Gasteiger partial charge on any atom is -0.377 e. The highest BCUT2D eigenvalue weighted by atomic mass is 16.2. The van der Waals surface area contributed by atoms with E-state index in [2.05, 4.69) is 16.0 Å². The molecule has 0 aliphatic heterocycles. The van der Waals surface area contributed by atoms with Gasteiger partial charge in [-0.2, -0.15) is 0 Å². The number of carbonyl (C=O) groups is 2. The van der Waals surface area contributed by atoms with Gasteiger partial charge >= 0.3 is 6.03 Å². The van der Waals surface area contributed by atoms with Gasteiger partial charge in [0, 0.05) is 37.7 Å². The number of urea groups is 1. The number of amides is 3. The summed E-state index contributed by atoms with van der Waals surface area (Å²) in [5.74, 6) is -0.177. The average molecular weight is 431 g/mol. The number of nitrogens with zero attached hydrogens (tertiary/aromatic N) is 1. The third kappa shape index (κ3) is 5.88. The molecule has 3 N–H and O–H groups in total. The molecule has 3 aromatic carbocycles. The van der Waals surface area contributed by atoms with E-state index in [1.807, 2.05) is 87.4 Å². The van der Waals surface area contributed by atoms with E-state index in [9.17, 15) is 9.59 Å². The molecule has 0 fully saturated rings. The number of aryl methyl sites for hydroxylation is 2. The first kappa shape index (κ1) is 22.9. The van der Waals surface area contributed by atoms with Crippen molar-refractivity contribution in [2.75, 3.05) is 36.2 Å². The zero-order valence-corrected chi connectivity index (χ0v) is 19.0. The molecule has 3 aromatic rings. The van der Waals surface area contributed by atoms with Gasteiger partial charge in [0.15, 0.2) is 0 Å². The largest absolute Gasteiger partial charge is 0.377 e. The number of nitrogens with one attached hydrogen (secondary N) is 3. The molecule has 32 heavy (non-hydrogen) atoms. The van der Waals surface area contributed by atoms with Gasteiger partial charge in [0.25, 0.3) is 5.91 Å². The summed E-state index contributed by atoms with van der Waals surface area (Å²) in [6.45, 7) is 4.43. The van der Waals surface area contributed by atoms with Crippen LogP contribution in [0.15, 0.2) is 66.7 Å². The summed E-state index contributed by atoms with van der Waals surface area (Å²) in [7, 11) is 3.77.